The van der Waals surface area contributed by atoms with Crippen molar-refractivity contribution in [3.8, 4) is 5.75 Å². The second kappa shape index (κ2) is 7.77. The van der Waals surface area contributed by atoms with Crippen molar-refractivity contribution >= 4 is 55.7 Å². The molecule has 4 aromatic rings. The lowest BCUT2D eigenvalue weighted by Gasteiger charge is -2.10. The third-order valence-electron chi connectivity index (χ3n) is 4.40. The zero-order chi connectivity index (χ0) is 20.4. The second-order valence-corrected chi connectivity index (χ2v) is 9.32. The van der Waals surface area contributed by atoms with E-state index in [1.165, 1.54) is 23.5 Å². The molecule has 0 fully saturated rings. The van der Waals surface area contributed by atoms with Crippen LogP contribution < -0.4 is 15.5 Å². The molecule has 3 N–H and O–H groups in total. The number of thiazole rings is 1. The van der Waals surface area contributed by atoms with Crippen molar-refractivity contribution in [3.05, 3.63) is 72.3 Å². The van der Waals surface area contributed by atoms with Crippen LogP contribution in [0.4, 0.5) is 10.8 Å². The predicted octanol–water partition coefficient (Wildman–Crippen LogP) is 2.67. The minimum Gasteiger partial charge on any atom is -0.508 e. The molecule has 0 aliphatic carbocycles. The Morgan fingerprint density at radius 1 is 1.03 bits per heavy atom. The quantitative estimate of drug-likeness (QED) is 0.415. The first-order valence-corrected chi connectivity index (χ1v) is 11.2. The third kappa shape index (κ3) is 4.36. The molecule has 1 heterocycles. The van der Waals surface area contributed by atoms with Crippen LogP contribution in [0.2, 0.25) is 0 Å². The second-order valence-electron chi connectivity index (χ2n) is 6.60. The van der Waals surface area contributed by atoms with E-state index in [2.05, 4.69) is 15.0 Å². The standard InChI is InChI=1S/C20H18BN3O3S2/c21-14-6-5-13(18(25)11-14)12-22-15-7-9-16(10-8-15)29(26,27)24-20-23-17-3-1-2-4-19(17)28-20/h1-11,22,25H,12,21H2,(H,23,24). The van der Waals surface area contributed by atoms with Crippen LogP contribution in [0, 0.1) is 0 Å². The van der Waals surface area contributed by atoms with Gasteiger partial charge in [0.2, 0.25) is 0 Å². The highest BCUT2D eigenvalue weighted by Gasteiger charge is 2.16. The number of rotatable bonds is 6. The van der Waals surface area contributed by atoms with Crippen LogP contribution in [0.25, 0.3) is 10.2 Å². The van der Waals surface area contributed by atoms with Crippen LogP contribution >= 0.6 is 11.3 Å². The van der Waals surface area contributed by atoms with Crippen molar-refractivity contribution in [2.75, 3.05) is 10.0 Å². The number of fused-ring (bicyclic) bond motifs is 1. The summed E-state index contributed by atoms with van der Waals surface area (Å²) < 4.78 is 28.8. The summed E-state index contributed by atoms with van der Waals surface area (Å²) in [5.41, 5.74) is 3.27. The van der Waals surface area contributed by atoms with Crippen LogP contribution in [-0.4, -0.2) is 26.4 Å². The maximum Gasteiger partial charge on any atom is 0.263 e. The number of anilines is 2. The van der Waals surface area contributed by atoms with Crippen molar-refractivity contribution in [3.63, 3.8) is 0 Å². The first kappa shape index (κ1) is 19.3. The van der Waals surface area contributed by atoms with E-state index in [9.17, 15) is 13.5 Å². The SMILES string of the molecule is Bc1ccc(CNc2ccc(S(=O)(=O)Nc3nc4ccccc4s3)cc2)c(O)c1. The fourth-order valence-corrected chi connectivity index (χ4v) is 4.96. The van der Waals surface area contributed by atoms with Gasteiger partial charge >= 0.3 is 0 Å². The van der Waals surface area contributed by atoms with Crippen molar-refractivity contribution in [2.24, 2.45) is 0 Å². The smallest absolute Gasteiger partial charge is 0.263 e. The Bertz CT molecular complexity index is 1240. The van der Waals surface area contributed by atoms with E-state index in [1.807, 2.05) is 44.2 Å². The number of aromatic hydroxyl groups is 1. The van der Waals surface area contributed by atoms with Gasteiger partial charge in [-0.15, -0.1) is 0 Å². The zero-order valence-electron chi connectivity index (χ0n) is 15.6. The number of sulfonamides is 1. The average Bonchev–Trinajstić information content (AvgIpc) is 3.09. The van der Waals surface area contributed by atoms with E-state index < -0.39 is 10.0 Å². The first-order valence-electron chi connectivity index (χ1n) is 8.91. The molecule has 0 spiro atoms. The molecule has 146 valence electrons. The van der Waals surface area contributed by atoms with Crippen LogP contribution in [0.5, 0.6) is 5.75 Å². The molecule has 0 atom stereocenters. The Morgan fingerprint density at radius 3 is 2.52 bits per heavy atom. The van der Waals surface area contributed by atoms with Gasteiger partial charge in [-0.3, -0.25) is 4.72 Å². The Labute approximate surface area is 173 Å². The normalized spacial score (nSPS) is 11.4. The molecule has 3 aromatic carbocycles. The number of hydrogen-bond acceptors (Lipinski definition) is 6. The van der Waals surface area contributed by atoms with E-state index in [-0.39, 0.29) is 10.6 Å². The van der Waals surface area contributed by atoms with Crippen molar-refractivity contribution in [1.29, 1.82) is 0 Å². The highest BCUT2D eigenvalue weighted by molar-refractivity contribution is 7.93. The summed E-state index contributed by atoms with van der Waals surface area (Å²) in [6, 6.07) is 19.4. The highest BCUT2D eigenvalue weighted by Crippen LogP contribution is 2.27. The number of hydrogen-bond donors (Lipinski definition) is 3. The van der Waals surface area contributed by atoms with Crippen LogP contribution in [0.1, 0.15) is 5.56 Å². The Hall–Kier alpha value is -3.04. The Morgan fingerprint density at radius 2 is 1.79 bits per heavy atom. The summed E-state index contributed by atoms with van der Waals surface area (Å²) in [6.07, 6.45) is 0. The number of phenols is 1. The van der Waals surface area contributed by atoms with Gasteiger partial charge in [-0.2, -0.15) is 0 Å². The van der Waals surface area contributed by atoms with Gasteiger partial charge in [0.25, 0.3) is 10.0 Å². The number of benzene rings is 3. The lowest BCUT2D eigenvalue weighted by atomic mass is 9.94. The molecule has 0 saturated carbocycles. The van der Waals surface area contributed by atoms with Crippen molar-refractivity contribution in [1.82, 2.24) is 4.98 Å². The van der Waals surface area contributed by atoms with Gasteiger partial charge in [0, 0.05) is 17.8 Å². The van der Waals surface area contributed by atoms with Crippen molar-refractivity contribution < 1.29 is 13.5 Å². The van der Waals surface area contributed by atoms with E-state index in [1.54, 1.807) is 18.2 Å². The Balaban J connectivity index is 1.46. The summed E-state index contributed by atoms with van der Waals surface area (Å²) in [7, 11) is -1.81. The van der Waals surface area contributed by atoms with E-state index >= 15 is 0 Å². The van der Waals surface area contributed by atoms with Gasteiger partial charge in [-0.1, -0.05) is 41.1 Å². The maximum absolute atomic E-state index is 12.6. The Kier molecular flexibility index (Phi) is 5.17. The summed E-state index contributed by atoms with van der Waals surface area (Å²) in [5, 5.41) is 13.5. The van der Waals surface area contributed by atoms with Gasteiger partial charge < -0.3 is 10.4 Å². The number of para-hydroxylation sites is 1. The largest absolute Gasteiger partial charge is 0.508 e. The molecule has 1 aromatic heterocycles. The minimum absolute atomic E-state index is 0.153. The fourth-order valence-electron chi connectivity index (χ4n) is 2.86. The average molecular weight is 423 g/mol. The minimum atomic E-state index is -3.73. The number of aromatic nitrogens is 1. The number of nitrogens with one attached hydrogen (secondary N) is 2. The molecule has 0 bridgehead atoms. The molecule has 9 heteroatoms. The molecule has 0 radical (unpaired) electrons. The lowest BCUT2D eigenvalue weighted by molar-refractivity contribution is 0.469. The highest BCUT2D eigenvalue weighted by atomic mass is 32.2. The molecule has 0 aliphatic heterocycles. The zero-order valence-corrected chi connectivity index (χ0v) is 17.2. The summed E-state index contributed by atoms with van der Waals surface area (Å²) >= 11 is 1.29. The van der Waals surface area contributed by atoms with Crippen LogP contribution in [0.3, 0.4) is 0 Å². The van der Waals surface area contributed by atoms with E-state index in [0.717, 1.165) is 26.9 Å². The van der Waals surface area contributed by atoms with Gasteiger partial charge in [0.15, 0.2) is 5.13 Å². The summed E-state index contributed by atoms with van der Waals surface area (Å²) in [6.45, 7) is 0.433. The summed E-state index contributed by atoms with van der Waals surface area (Å²) in [5.74, 6) is 0.233. The molecule has 0 aliphatic rings. The molecule has 0 unspecified atom stereocenters. The molecule has 0 saturated heterocycles. The molecule has 0 amide bonds. The van der Waals surface area contributed by atoms with Crippen molar-refractivity contribution in [2.45, 2.75) is 11.4 Å². The van der Waals surface area contributed by atoms with Gasteiger partial charge in [0.1, 0.15) is 13.6 Å². The first-order chi connectivity index (χ1) is 13.9. The van der Waals surface area contributed by atoms with Crippen LogP contribution in [0.15, 0.2) is 71.6 Å². The van der Waals surface area contributed by atoms with Gasteiger partial charge in [-0.25, -0.2) is 13.4 Å². The molecular weight excluding hydrogens is 405 g/mol. The molecule has 6 nitrogen and oxygen atoms in total. The monoisotopic (exact) mass is 423 g/mol. The van der Waals surface area contributed by atoms with E-state index in [4.69, 9.17) is 0 Å². The predicted molar refractivity (Wildman–Crippen MR) is 120 cm³/mol. The van der Waals surface area contributed by atoms with Gasteiger partial charge in [0.05, 0.1) is 15.1 Å². The summed E-state index contributed by atoms with van der Waals surface area (Å²) in [4.78, 5) is 4.46. The third-order valence-corrected chi connectivity index (χ3v) is 6.84. The van der Waals surface area contributed by atoms with E-state index in [0.29, 0.717) is 11.7 Å². The van der Waals surface area contributed by atoms with Crippen LogP contribution in [-0.2, 0) is 16.6 Å². The molecular formula is C20H18BN3O3S2. The lowest BCUT2D eigenvalue weighted by Crippen LogP contribution is -2.12. The number of phenolic OH excluding ortho intramolecular Hbond substituents is 1. The maximum atomic E-state index is 12.6. The number of nitrogens with zero attached hydrogens (tertiary/aromatic N) is 1. The van der Waals surface area contributed by atoms with Gasteiger partial charge in [-0.05, 0) is 42.5 Å². The fraction of sp³-hybridized carbons (Fsp3) is 0.0500. The topological polar surface area (TPSA) is 91.3 Å². The molecule has 4 rings (SSSR count). The molecule has 29 heavy (non-hydrogen) atoms.